The van der Waals surface area contributed by atoms with Gasteiger partial charge in [-0.05, 0) is 41.8 Å². The fourth-order valence-corrected chi connectivity index (χ4v) is 2.31. The summed E-state index contributed by atoms with van der Waals surface area (Å²) in [6, 6.07) is 13.6. The monoisotopic (exact) mass is 324 g/mol. The van der Waals surface area contributed by atoms with E-state index >= 15 is 0 Å². The molecule has 0 saturated carbocycles. The van der Waals surface area contributed by atoms with Gasteiger partial charge in [0.1, 0.15) is 0 Å². The summed E-state index contributed by atoms with van der Waals surface area (Å²) < 4.78 is 10.7. The van der Waals surface area contributed by atoms with Crippen LogP contribution in [0.1, 0.15) is 11.1 Å². The molecule has 5 heteroatoms. The van der Waals surface area contributed by atoms with Crippen molar-refractivity contribution in [2.45, 2.75) is 6.42 Å². The lowest BCUT2D eigenvalue weighted by molar-refractivity contribution is 0.174. The van der Waals surface area contributed by atoms with Crippen molar-refractivity contribution in [1.29, 1.82) is 0 Å². The first-order valence-corrected chi connectivity index (χ1v) is 7.75. The molecule has 0 aromatic heterocycles. The van der Waals surface area contributed by atoms with Crippen molar-refractivity contribution in [2.75, 3.05) is 26.2 Å². The number of nitrogens with one attached hydrogen (secondary N) is 1. The summed E-state index contributed by atoms with van der Waals surface area (Å²) in [7, 11) is 3.43. The standard InChI is InChI=1S/C19H20N2O3/c1-21(2)19(22)20-16-9-6-14(7-10-16)4-3-5-15-8-11-17-18(12-15)24-13-23-17/h3,5-12H,4,13H2,1-2H3,(H,20,22)/b5-3+. The van der Waals surface area contributed by atoms with Crippen LogP contribution in [-0.2, 0) is 6.42 Å². The van der Waals surface area contributed by atoms with Crippen molar-refractivity contribution in [3.63, 3.8) is 0 Å². The molecule has 0 saturated heterocycles. The molecule has 2 amide bonds. The van der Waals surface area contributed by atoms with Gasteiger partial charge in [0.25, 0.3) is 0 Å². The van der Waals surface area contributed by atoms with Crippen LogP contribution in [0.25, 0.3) is 6.08 Å². The van der Waals surface area contributed by atoms with Gasteiger partial charge in [-0.15, -0.1) is 0 Å². The van der Waals surface area contributed by atoms with Gasteiger partial charge in [-0.2, -0.15) is 0 Å². The second-order valence-corrected chi connectivity index (χ2v) is 5.74. The normalized spacial score (nSPS) is 12.4. The average molecular weight is 324 g/mol. The molecule has 3 rings (SSSR count). The number of hydrogen-bond acceptors (Lipinski definition) is 3. The molecule has 5 nitrogen and oxygen atoms in total. The molecule has 0 unspecified atom stereocenters. The smallest absolute Gasteiger partial charge is 0.321 e. The predicted octanol–water partition coefficient (Wildman–Crippen LogP) is 3.76. The molecule has 0 aliphatic carbocycles. The zero-order valence-corrected chi connectivity index (χ0v) is 13.8. The van der Waals surface area contributed by atoms with Gasteiger partial charge in [0.2, 0.25) is 6.79 Å². The molecule has 0 bridgehead atoms. The Morgan fingerprint density at radius 1 is 1.12 bits per heavy atom. The molecule has 0 radical (unpaired) electrons. The minimum Gasteiger partial charge on any atom is -0.454 e. The van der Waals surface area contributed by atoms with Crippen molar-refractivity contribution in [1.82, 2.24) is 4.90 Å². The lowest BCUT2D eigenvalue weighted by Gasteiger charge is -2.12. The molecule has 1 aliphatic heterocycles. The van der Waals surface area contributed by atoms with Gasteiger partial charge < -0.3 is 19.7 Å². The van der Waals surface area contributed by atoms with Crippen molar-refractivity contribution in [3.8, 4) is 11.5 Å². The van der Waals surface area contributed by atoms with E-state index in [0.29, 0.717) is 6.79 Å². The number of hydrogen-bond donors (Lipinski definition) is 1. The van der Waals surface area contributed by atoms with Crippen LogP contribution in [0.4, 0.5) is 10.5 Å². The van der Waals surface area contributed by atoms with Crippen LogP contribution in [0.3, 0.4) is 0 Å². The molecule has 1 N–H and O–H groups in total. The Bertz CT molecular complexity index is 752. The molecule has 0 spiro atoms. The van der Waals surface area contributed by atoms with E-state index < -0.39 is 0 Å². The summed E-state index contributed by atoms with van der Waals surface area (Å²) in [6.07, 6.45) is 4.98. The van der Waals surface area contributed by atoms with Gasteiger partial charge in [0.05, 0.1) is 0 Å². The van der Waals surface area contributed by atoms with Crippen LogP contribution in [0.15, 0.2) is 48.5 Å². The minimum absolute atomic E-state index is 0.134. The average Bonchev–Trinajstić information content (AvgIpc) is 3.04. The van der Waals surface area contributed by atoms with E-state index in [2.05, 4.69) is 17.5 Å². The minimum atomic E-state index is -0.134. The number of anilines is 1. The largest absolute Gasteiger partial charge is 0.454 e. The van der Waals surface area contributed by atoms with Gasteiger partial charge in [0, 0.05) is 19.8 Å². The Labute approximate surface area is 141 Å². The predicted molar refractivity (Wildman–Crippen MR) is 94.5 cm³/mol. The van der Waals surface area contributed by atoms with Crippen LogP contribution < -0.4 is 14.8 Å². The lowest BCUT2D eigenvalue weighted by atomic mass is 10.1. The van der Waals surface area contributed by atoms with E-state index in [4.69, 9.17) is 9.47 Å². The molecule has 0 fully saturated rings. The third-order valence-electron chi connectivity index (χ3n) is 3.67. The molecular formula is C19H20N2O3. The highest BCUT2D eigenvalue weighted by Gasteiger charge is 2.12. The fraction of sp³-hybridized carbons (Fsp3) is 0.211. The van der Waals surface area contributed by atoms with Crippen molar-refractivity contribution >= 4 is 17.8 Å². The zero-order chi connectivity index (χ0) is 16.9. The number of urea groups is 1. The van der Waals surface area contributed by atoms with Gasteiger partial charge in [0.15, 0.2) is 11.5 Å². The highest BCUT2D eigenvalue weighted by atomic mass is 16.7. The third kappa shape index (κ3) is 3.87. The van der Waals surface area contributed by atoms with Gasteiger partial charge in [-0.3, -0.25) is 0 Å². The fourth-order valence-electron chi connectivity index (χ4n) is 2.31. The van der Waals surface area contributed by atoms with Crippen LogP contribution >= 0.6 is 0 Å². The molecule has 1 heterocycles. The number of carbonyl (C=O) groups is 1. The molecular weight excluding hydrogens is 304 g/mol. The Hall–Kier alpha value is -2.95. The first kappa shape index (κ1) is 15.9. The Morgan fingerprint density at radius 2 is 1.88 bits per heavy atom. The molecule has 1 aliphatic rings. The zero-order valence-electron chi connectivity index (χ0n) is 13.8. The van der Waals surface area contributed by atoms with Gasteiger partial charge in [-0.1, -0.05) is 30.4 Å². The Kier molecular flexibility index (Phi) is 4.70. The van der Waals surface area contributed by atoms with Crippen LogP contribution in [-0.4, -0.2) is 31.8 Å². The lowest BCUT2D eigenvalue weighted by Crippen LogP contribution is -2.27. The molecule has 24 heavy (non-hydrogen) atoms. The highest BCUT2D eigenvalue weighted by Crippen LogP contribution is 2.32. The van der Waals surface area contributed by atoms with Crippen molar-refractivity contribution in [3.05, 3.63) is 59.7 Å². The second-order valence-electron chi connectivity index (χ2n) is 5.74. The van der Waals surface area contributed by atoms with Crippen LogP contribution in [0, 0.1) is 0 Å². The first-order valence-electron chi connectivity index (χ1n) is 7.75. The van der Waals surface area contributed by atoms with E-state index in [9.17, 15) is 4.79 Å². The van der Waals surface area contributed by atoms with E-state index in [1.807, 2.05) is 42.5 Å². The topological polar surface area (TPSA) is 50.8 Å². The maximum Gasteiger partial charge on any atom is 0.321 e. The second kappa shape index (κ2) is 7.08. The summed E-state index contributed by atoms with van der Waals surface area (Å²) in [4.78, 5) is 13.1. The highest BCUT2D eigenvalue weighted by molar-refractivity contribution is 5.88. The van der Waals surface area contributed by atoms with Gasteiger partial charge in [-0.25, -0.2) is 4.79 Å². The SMILES string of the molecule is CN(C)C(=O)Nc1ccc(C/C=C/c2ccc3c(c2)OCO3)cc1. The summed E-state index contributed by atoms with van der Waals surface area (Å²) >= 11 is 0. The van der Waals surface area contributed by atoms with E-state index in [1.165, 1.54) is 10.5 Å². The number of fused-ring (bicyclic) bond motifs is 1. The van der Waals surface area contributed by atoms with Crippen LogP contribution in [0.2, 0.25) is 0 Å². The van der Waals surface area contributed by atoms with Crippen molar-refractivity contribution in [2.24, 2.45) is 0 Å². The summed E-state index contributed by atoms with van der Waals surface area (Å²) in [5.74, 6) is 1.58. The van der Waals surface area contributed by atoms with E-state index in [1.54, 1.807) is 14.1 Å². The summed E-state index contributed by atoms with van der Waals surface area (Å²) in [6.45, 7) is 0.291. The Balaban J connectivity index is 1.57. The number of allylic oxidation sites excluding steroid dienone is 1. The molecule has 2 aromatic carbocycles. The molecule has 0 atom stereocenters. The third-order valence-corrected chi connectivity index (χ3v) is 3.67. The summed E-state index contributed by atoms with van der Waals surface area (Å²) in [5.41, 5.74) is 3.04. The number of carbonyl (C=O) groups excluding carboxylic acids is 1. The molecule has 124 valence electrons. The number of ether oxygens (including phenoxy) is 2. The number of rotatable bonds is 4. The number of amides is 2. The number of nitrogens with zero attached hydrogens (tertiary/aromatic N) is 1. The van der Waals surface area contributed by atoms with E-state index in [-0.39, 0.29) is 6.03 Å². The van der Waals surface area contributed by atoms with Crippen molar-refractivity contribution < 1.29 is 14.3 Å². The Morgan fingerprint density at radius 3 is 2.62 bits per heavy atom. The first-order chi connectivity index (χ1) is 11.6. The van der Waals surface area contributed by atoms with Gasteiger partial charge >= 0.3 is 6.03 Å². The maximum absolute atomic E-state index is 11.6. The quantitative estimate of drug-likeness (QED) is 0.931. The number of benzene rings is 2. The summed E-state index contributed by atoms with van der Waals surface area (Å²) in [5, 5.41) is 2.82. The van der Waals surface area contributed by atoms with E-state index in [0.717, 1.165) is 29.2 Å². The van der Waals surface area contributed by atoms with Crippen LogP contribution in [0.5, 0.6) is 11.5 Å². The molecule has 2 aromatic rings. The maximum atomic E-state index is 11.6.